The van der Waals surface area contributed by atoms with Crippen LogP contribution in [0.3, 0.4) is 0 Å². The van der Waals surface area contributed by atoms with Gasteiger partial charge in [0.05, 0.1) is 17.7 Å². The van der Waals surface area contributed by atoms with Crippen LogP contribution in [-0.4, -0.2) is 80.5 Å². The minimum atomic E-state index is -3.66. The normalized spacial score (nSPS) is 22.1. The van der Waals surface area contributed by atoms with Gasteiger partial charge in [-0.15, -0.1) is 0 Å². The number of para-hydroxylation sites is 1. The number of nitrogens with one attached hydrogen (secondary N) is 1. The first-order valence-electron chi connectivity index (χ1n) is 12.9. The molecule has 2 aromatic carbocycles. The van der Waals surface area contributed by atoms with E-state index in [2.05, 4.69) is 5.32 Å². The standard InChI is InChI=1S/C27H34N4O5S/c1-21-9-11-24(12-10-21)37(34,35)30-15-13-27(14-16-30)26(33)29(20-31(27)22-6-3-2-4-7-22)19-25(32)28-18-23-8-5-17-36-23/h2-4,6-7,9-12,23H,5,8,13-20H2,1H3,(H,28,32). The highest BCUT2D eigenvalue weighted by Crippen LogP contribution is 2.40. The Bertz CT molecular complexity index is 1220. The zero-order valence-electron chi connectivity index (χ0n) is 21.1. The lowest BCUT2D eigenvalue weighted by Crippen LogP contribution is -2.57. The molecule has 10 heteroatoms. The maximum atomic E-state index is 13.8. The Morgan fingerprint density at radius 1 is 1.08 bits per heavy atom. The second-order valence-corrected chi connectivity index (χ2v) is 12.0. The first-order valence-corrected chi connectivity index (χ1v) is 14.3. The van der Waals surface area contributed by atoms with Crippen molar-refractivity contribution < 1.29 is 22.7 Å². The lowest BCUT2D eigenvalue weighted by molar-refractivity contribution is -0.137. The molecule has 0 radical (unpaired) electrons. The van der Waals surface area contributed by atoms with Gasteiger partial charge in [0.2, 0.25) is 21.8 Å². The van der Waals surface area contributed by atoms with Crippen molar-refractivity contribution in [2.24, 2.45) is 0 Å². The summed E-state index contributed by atoms with van der Waals surface area (Å²) in [4.78, 5) is 30.4. The summed E-state index contributed by atoms with van der Waals surface area (Å²) < 4.78 is 33.6. The molecular formula is C27H34N4O5S. The van der Waals surface area contributed by atoms with Crippen molar-refractivity contribution in [2.75, 3.05) is 44.4 Å². The molecule has 3 heterocycles. The van der Waals surface area contributed by atoms with E-state index in [0.717, 1.165) is 30.7 Å². The molecule has 1 spiro atoms. The van der Waals surface area contributed by atoms with Crippen LogP contribution in [0, 0.1) is 6.92 Å². The predicted octanol–water partition coefficient (Wildman–Crippen LogP) is 2.12. The Kier molecular flexibility index (Phi) is 7.24. The number of piperidine rings is 1. The number of amides is 2. The highest BCUT2D eigenvalue weighted by Gasteiger charge is 2.55. The first-order chi connectivity index (χ1) is 17.8. The largest absolute Gasteiger partial charge is 0.376 e. The van der Waals surface area contributed by atoms with Crippen LogP contribution in [0.2, 0.25) is 0 Å². The average Bonchev–Trinajstić information content (AvgIpc) is 3.52. The van der Waals surface area contributed by atoms with Gasteiger partial charge in [-0.05, 0) is 56.9 Å². The number of hydrogen-bond donors (Lipinski definition) is 1. The summed E-state index contributed by atoms with van der Waals surface area (Å²) in [5.74, 6) is -0.343. The van der Waals surface area contributed by atoms with Crippen molar-refractivity contribution in [3.05, 3.63) is 60.2 Å². The fourth-order valence-corrected chi connectivity index (χ4v) is 6.98. The number of nitrogens with zero attached hydrogens (tertiary/aromatic N) is 3. The molecule has 3 saturated heterocycles. The lowest BCUT2D eigenvalue weighted by Gasteiger charge is -2.42. The Balaban J connectivity index is 1.32. The van der Waals surface area contributed by atoms with Crippen molar-refractivity contribution in [1.82, 2.24) is 14.5 Å². The van der Waals surface area contributed by atoms with E-state index in [4.69, 9.17) is 4.74 Å². The van der Waals surface area contributed by atoms with Crippen LogP contribution in [0.1, 0.15) is 31.2 Å². The van der Waals surface area contributed by atoms with E-state index in [1.54, 1.807) is 29.2 Å². The van der Waals surface area contributed by atoms with Crippen LogP contribution in [0.15, 0.2) is 59.5 Å². The molecule has 5 rings (SSSR count). The van der Waals surface area contributed by atoms with E-state index in [-0.39, 0.29) is 49.1 Å². The average molecular weight is 527 g/mol. The number of carbonyl (C=O) groups is 2. The molecule has 0 saturated carbocycles. The summed E-state index contributed by atoms with van der Waals surface area (Å²) in [6, 6.07) is 16.5. The van der Waals surface area contributed by atoms with Crippen molar-refractivity contribution >= 4 is 27.5 Å². The molecule has 198 valence electrons. The number of benzene rings is 2. The van der Waals surface area contributed by atoms with E-state index in [9.17, 15) is 18.0 Å². The third-order valence-electron chi connectivity index (χ3n) is 7.68. The molecule has 3 aliphatic heterocycles. The number of aryl methyl sites for hydroxylation is 1. The second kappa shape index (κ2) is 10.4. The van der Waals surface area contributed by atoms with Gasteiger partial charge < -0.3 is 19.9 Å². The topological polar surface area (TPSA) is 99.3 Å². The lowest BCUT2D eigenvalue weighted by atomic mass is 9.86. The van der Waals surface area contributed by atoms with Gasteiger partial charge >= 0.3 is 0 Å². The second-order valence-electron chi connectivity index (χ2n) is 10.1. The van der Waals surface area contributed by atoms with Gasteiger partial charge in [0.25, 0.3) is 0 Å². The van der Waals surface area contributed by atoms with Crippen LogP contribution < -0.4 is 10.2 Å². The quantitative estimate of drug-likeness (QED) is 0.594. The van der Waals surface area contributed by atoms with Crippen molar-refractivity contribution in [3.63, 3.8) is 0 Å². The van der Waals surface area contributed by atoms with Crippen LogP contribution in [0.25, 0.3) is 0 Å². The fraction of sp³-hybridized carbons (Fsp3) is 0.481. The third kappa shape index (κ3) is 5.10. The molecule has 3 fully saturated rings. The summed E-state index contributed by atoms with van der Waals surface area (Å²) in [5, 5.41) is 2.90. The van der Waals surface area contributed by atoms with Gasteiger partial charge in [0.15, 0.2) is 0 Å². The molecule has 37 heavy (non-hydrogen) atoms. The Morgan fingerprint density at radius 2 is 1.78 bits per heavy atom. The minimum Gasteiger partial charge on any atom is -0.376 e. The molecule has 1 N–H and O–H groups in total. The minimum absolute atomic E-state index is 0.0326. The molecule has 1 unspecified atom stereocenters. The summed E-state index contributed by atoms with van der Waals surface area (Å²) in [6.07, 6.45) is 2.65. The highest BCUT2D eigenvalue weighted by molar-refractivity contribution is 7.89. The molecule has 2 amide bonds. The smallest absolute Gasteiger partial charge is 0.250 e. The summed E-state index contributed by atoms with van der Waals surface area (Å²) in [7, 11) is -3.66. The zero-order valence-corrected chi connectivity index (χ0v) is 22.0. The zero-order chi connectivity index (χ0) is 26.0. The number of carbonyl (C=O) groups excluding carboxylic acids is 2. The monoisotopic (exact) mass is 526 g/mol. The molecule has 0 aromatic heterocycles. The molecule has 0 bridgehead atoms. The van der Waals surface area contributed by atoms with Gasteiger partial charge in [0.1, 0.15) is 12.1 Å². The van der Waals surface area contributed by atoms with Crippen LogP contribution in [0.4, 0.5) is 5.69 Å². The maximum absolute atomic E-state index is 13.8. The Morgan fingerprint density at radius 3 is 2.43 bits per heavy atom. The van der Waals surface area contributed by atoms with Crippen molar-refractivity contribution in [2.45, 2.75) is 49.1 Å². The maximum Gasteiger partial charge on any atom is 0.250 e. The fourth-order valence-electron chi connectivity index (χ4n) is 5.54. The van der Waals surface area contributed by atoms with Gasteiger partial charge in [-0.1, -0.05) is 35.9 Å². The summed E-state index contributed by atoms with van der Waals surface area (Å²) >= 11 is 0. The molecule has 2 aromatic rings. The molecule has 0 aliphatic carbocycles. The highest BCUT2D eigenvalue weighted by atomic mass is 32.2. The van der Waals surface area contributed by atoms with Crippen LogP contribution >= 0.6 is 0 Å². The Labute approximate surface area is 218 Å². The van der Waals surface area contributed by atoms with Gasteiger partial charge in [-0.25, -0.2) is 8.42 Å². The number of rotatable bonds is 7. The molecular weight excluding hydrogens is 492 g/mol. The van der Waals surface area contributed by atoms with E-state index in [1.165, 1.54) is 4.31 Å². The number of anilines is 1. The molecule has 3 aliphatic rings. The number of hydrogen-bond acceptors (Lipinski definition) is 6. The van der Waals surface area contributed by atoms with Crippen LogP contribution in [0.5, 0.6) is 0 Å². The van der Waals surface area contributed by atoms with E-state index < -0.39 is 15.6 Å². The van der Waals surface area contributed by atoms with Crippen molar-refractivity contribution in [3.8, 4) is 0 Å². The first kappa shape index (κ1) is 25.7. The van der Waals surface area contributed by atoms with E-state index in [1.807, 2.05) is 42.2 Å². The van der Waals surface area contributed by atoms with Gasteiger partial charge in [-0.3, -0.25) is 9.59 Å². The van der Waals surface area contributed by atoms with Crippen molar-refractivity contribution in [1.29, 1.82) is 0 Å². The predicted molar refractivity (Wildman–Crippen MR) is 139 cm³/mol. The van der Waals surface area contributed by atoms with Gasteiger partial charge in [0, 0.05) is 31.9 Å². The van der Waals surface area contributed by atoms with Gasteiger partial charge in [-0.2, -0.15) is 4.31 Å². The molecule has 9 nitrogen and oxygen atoms in total. The third-order valence-corrected chi connectivity index (χ3v) is 9.59. The Hall–Kier alpha value is -2.95. The number of sulfonamides is 1. The summed E-state index contributed by atoms with van der Waals surface area (Å²) in [6.45, 7) is 3.77. The SMILES string of the molecule is Cc1ccc(S(=O)(=O)N2CCC3(CC2)C(=O)N(CC(=O)NCC2CCCO2)CN3c2ccccc2)cc1. The number of ether oxygens (including phenoxy) is 1. The van der Waals surface area contributed by atoms with E-state index in [0.29, 0.717) is 19.4 Å². The summed E-state index contributed by atoms with van der Waals surface area (Å²) in [5.41, 5.74) is 0.981. The van der Waals surface area contributed by atoms with E-state index >= 15 is 0 Å². The van der Waals surface area contributed by atoms with Crippen LogP contribution in [-0.2, 0) is 24.3 Å². The molecule has 1 atom stereocenters.